The first-order valence-electron chi connectivity index (χ1n) is 7.59. The molecule has 0 saturated carbocycles. The van der Waals surface area contributed by atoms with Crippen LogP contribution in [0.25, 0.3) is 0 Å². The van der Waals surface area contributed by atoms with E-state index in [0.29, 0.717) is 32.2 Å². The Hall–Kier alpha value is -1.92. The number of hydrogen-bond acceptors (Lipinski definition) is 4. The highest BCUT2D eigenvalue weighted by Crippen LogP contribution is 2.13. The zero-order chi connectivity index (χ0) is 16.2. The second-order valence-electron chi connectivity index (χ2n) is 5.19. The smallest absolute Gasteiger partial charge is 0.224 e. The van der Waals surface area contributed by atoms with Gasteiger partial charge in [-0.15, -0.1) is 0 Å². The van der Waals surface area contributed by atoms with E-state index in [2.05, 4.69) is 10.6 Å². The lowest BCUT2D eigenvalue weighted by molar-refractivity contribution is -0.116. The maximum atomic E-state index is 11.7. The number of aliphatic hydroxyl groups excluding tert-OH is 1. The number of anilines is 1. The molecule has 1 unspecified atom stereocenters. The van der Waals surface area contributed by atoms with Crippen molar-refractivity contribution in [2.75, 3.05) is 18.5 Å². The first-order valence-corrected chi connectivity index (χ1v) is 7.59. The third-order valence-electron chi connectivity index (χ3n) is 3.36. The number of unbranched alkanes of at least 4 members (excludes halogenated alkanes) is 1. The van der Waals surface area contributed by atoms with Crippen molar-refractivity contribution in [3.05, 3.63) is 29.8 Å². The van der Waals surface area contributed by atoms with Gasteiger partial charge in [0.25, 0.3) is 0 Å². The molecule has 5 N–H and O–H groups in total. The van der Waals surface area contributed by atoms with Gasteiger partial charge in [0, 0.05) is 24.8 Å². The van der Waals surface area contributed by atoms with Crippen LogP contribution >= 0.6 is 0 Å². The number of aliphatic hydroxyl groups is 1. The van der Waals surface area contributed by atoms with Gasteiger partial charge >= 0.3 is 0 Å². The van der Waals surface area contributed by atoms with Crippen molar-refractivity contribution in [3.63, 3.8) is 0 Å². The van der Waals surface area contributed by atoms with Gasteiger partial charge in [0.05, 0.1) is 0 Å². The Balaban J connectivity index is 2.47. The van der Waals surface area contributed by atoms with E-state index in [1.54, 1.807) is 0 Å². The maximum absolute atomic E-state index is 11.7. The van der Waals surface area contributed by atoms with Crippen LogP contribution in [0.15, 0.2) is 24.3 Å². The Morgan fingerprint density at radius 3 is 2.59 bits per heavy atom. The van der Waals surface area contributed by atoms with Gasteiger partial charge < -0.3 is 21.5 Å². The summed E-state index contributed by atoms with van der Waals surface area (Å²) in [5.41, 5.74) is 7.18. The average molecular weight is 307 g/mol. The fourth-order valence-electron chi connectivity index (χ4n) is 2.16. The molecule has 6 nitrogen and oxygen atoms in total. The van der Waals surface area contributed by atoms with Crippen molar-refractivity contribution in [2.45, 2.75) is 38.1 Å². The van der Waals surface area contributed by atoms with Crippen molar-refractivity contribution >= 4 is 18.0 Å². The minimum atomic E-state index is -0.0841. The van der Waals surface area contributed by atoms with Gasteiger partial charge in [-0.3, -0.25) is 9.59 Å². The molecule has 0 saturated heterocycles. The van der Waals surface area contributed by atoms with Gasteiger partial charge in [0.15, 0.2) is 0 Å². The van der Waals surface area contributed by atoms with Gasteiger partial charge in [-0.25, -0.2) is 0 Å². The van der Waals surface area contributed by atoms with Crippen molar-refractivity contribution in [2.24, 2.45) is 5.73 Å². The Bertz CT molecular complexity index is 448. The molecule has 0 aliphatic carbocycles. The molecule has 0 bridgehead atoms. The van der Waals surface area contributed by atoms with E-state index in [9.17, 15) is 9.59 Å². The number of rotatable bonds is 11. The van der Waals surface area contributed by atoms with E-state index in [1.807, 2.05) is 24.3 Å². The maximum Gasteiger partial charge on any atom is 0.224 e. The molecule has 2 amide bonds. The molecule has 1 rings (SSSR count). The topological polar surface area (TPSA) is 104 Å². The molecule has 1 aromatic rings. The Kier molecular flexibility index (Phi) is 8.86. The van der Waals surface area contributed by atoms with E-state index in [0.717, 1.165) is 24.1 Å². The van der Waals surface area contributed by atoms with Crippen LogP contribution in [0.2, 0.25) is 0 Å². The van der Waals surface area contributed by atoms with Crippen LogP contribution in [-0.4, -0.2) is 36.6 Å². The molecule has 0 aromatic heterocycles. The number of nitrogens with one attached hydrogen (secondary N) is 2. The van der Waals surface area contributed by atoms with Crippen LogP contribution in [-0.2, 0) is 16.0 Å². The van der Waals surface area contributed by atoms with Crippen molar-refractivity contribution in [1.29, 1.82) is 0 Å². The Labute approximate surface area is 131 Å². The van der Waals surface area contributed by atoms with E-state index >= 15 is 0 Å². The molecule has 0 aliphatic heterocycles. The van der Waals surface area contributed by atoms with Gasteiger partial charge in [-0.05, 0) is 49.9 Å². The summed E-state index contributed by atoms with van der Waals surface area (Å²) < 4.78 is 0. The highest BCUT2D eigenvalue weighted by Gasteiger charge is 2.08. The molecule has 22 heavy (non-hydrogen) atoms. The number of carbonyl (C=O) groups excluding carboxylic acids is 2. The summed E-state index contributed by atoms with van der Waals surface area (Å²) >= 11 is 0. The number of amides is 2. The molecular weight excluding hydrogens is 282 g/mol. The summed E-state index contributed by atoms with van der Waals surface area (Å²) in [6.45, 7) is 0.633. The standard InChI is InChI=1S/C16H25N3O3/c17-9-2-1-3-16(22)19-14-6-4-13(5-7-14)11-15(8-10-20)18-12-21/h4-7,12,15,20H,1-3,8-11,17H2,(H,18,21)(H,19,22). The largest absolute Gasteiger partial charge is 0.396 e. The summed E-state index contributed by atoms with van der Waals surface area (Å²) in [6.07, 6.45) is 3.92. The normalized spacial score (nSPS) is 11.7. The molecule has 122 valence electrons. The first kappa shape index (κ1) is 18.1. The highest BCUT2D eigenvalue weighted by molar-refractivity contribution is 5.90. The predicted octanol–water partition coefficient (Wildman–Crippen LogP) is 0.794. The SMILES string of the molecule is NCCCCC(=O)Nc1ccc(CC(CCO)NC=O)cc1. The molecule has 0 fully saturated rings. The zero-order valence-corrected chi connectivity index (χ0v) is 12.8. The molecule has 0 aliphatic rings. The number of benzene rings is 1. The fraction of sp³-hybridized carbons (Fsp3) is 0.500. The summed E-state index contributed by atoms with van der Waals surface area (Å²) in [4.78, 5) is 22.2. The molecular formula is C16H25N3O3. The van der Waals surface area contributed by atoms with Crippen LogP contribution < -0.4 is 16.4 Å². The number of hydrogen-bond donors (Lipinski definition) is 4. The highest BCUT2D eigenvalue weighted by atomic mass is 16.3. The monoisotopic (exact) mass is 307 g/mol. The lowest BCUT2D eigenvalue weighted by Crippen LogP contribution is -2.30. The van der Waals surface area contributed by atoms with Gasteiger partial charge in [-0.2, -0.15) is 0 Å². The molecule has 0 spiro atoms. The predicted molar refractivity (Wildman–Crippen MR) is 86.4 cm³/mol. The van der Waals surface area contributed by atoms with Crippen LogP contribution in [0.3, 0.4) is 0 Å². The average Bonchev–Trinajstić information content (AvgIpc) is 2.50. The summed E-state index contributed by atoms with van der Waals surface area (Å²) in [5.74, 6) is -0.0121. The van der Waals surface area contributed by atoms with E-state index in [-0.39, 0.29) is 18.6 Å². The summed E-state index contributed by atoms with van der Waals surface area (Å²) in [5, 5.41) is 14.5. The third kappa shape index (κ3) is 7.19. The first-order chi connectivity index (χ1) is 10.7. The zero-order valence-electron chi connectivity index (χ0n) is 12.8. The van der Waals surface area contributed by atoms with Crippen molar-refractivity contribution in [1.82, 2.24) is 5.32 Å². The van der Waals surface area contributed by atoms with Crippen LogP contribution in [0.4, 0.5) is 5.69 Å². The third-order valence-corrected chi connectivity index (χ3v) is 3.36. The van der Waals surface area contributed by atoms with E-state index < -0.39 is 0 Å². The molecule has 0 radical (unpaired) electrons. The summed E-state index contributed by atoms with van der Waals surface area (Å²) in [7, 11) is 0. The molecule has 6 heteroatoms. The number of carbonyl (C=O) groups is 2. The van der Waals surface area contributed by atoms with Crippen LogP contribution in [0.5, 0.6) is 0 Å². The number of nitrogens with two attached hydrogens (primary N) is 1. The van der Waals surface area contributed by atoms with Gasteiger partial charge in [-0.1, -0.05) is 12.1 Å². The van der Waals surface area contributed by atoms with Gasteiger partial charge in [0.1, 0.15) is 0 Å². The van der Waals surface area contributed by atoms with Crippen LogP contribution in [0, 0.1) is 0 Å². The van der Waals surface area contributed by atoms with Gasteiger partial charge in [0.2, 0.25) is 12.3 Å². The van der Waals surface area contributed by atoms with Crippen LogP contribution in [0.1, 0.15) is 31.2 Å². The van der Waals surface area contributed by atoms with E-state index in [1.165, 1.54) is 0 Å². The molecule has 1 atom stereocenters. The van der Waals surface area contributed by atoms with Crippen molar-refractivity contribution in [3.8, 4) is 0 Å². The lowest BCUT2D eigenvalue weighted by atomic mass is 10.0. The fourth-order valence-corrected chi connectivity index (χ4v) is 2.16. The molecule has 1 aromatic carbocycles. The minimum absolute atomic E-state index is 0.0121. The minimum Gasteiger partial charge on any atom is -0.396 e. The van der Waals surface area contributed by atoms with Crippen molar-refractivity contribution < 1.29 is 14.7 Å². The van der Waals surface area contributed by atoms with E-state index in [4.69, 9.17) is 10.8 Å². The lowest BCUT2D eigenvalue weighted by Gasteiger charge is -2.15. The Morgan fingerprint density at radius 1 is 1.27 bits per heavy atom. The second kappa shape index (κ2) is 10.8. The quantitative estimate of drug-likeness (QED) is 0.358. The second-order valence-corrected chi connectivity index (χ2v) is 5.19. The Morgan fingerprint density at radius 2 is 2.00 bits per heavy atom. The molecule has 0 heterocycles. The summed E-state index contributed by atoms with van der Waals surface area (Å²) in [6, 6.07) is 7.41.